The predicted octanol–water partition coefficient (Wildman–Crippen LogP) is 3.88. The third-order valence-electron chi connectivity index (χ3n) is 1.00. The predicted molar refractivity (Wildman–Crippen MR) is 53.5 cm³/mol. The highest BCUT2D eigenvalue weighted by Crippen LogP contribution is 2.56. The first-order valence-electron chi connectivity index (χ1n) is 3.20. The summed E-state index contributed by atoms with van der Waals surface area (Å²) >= 11 is 15.5. The van der Waals surface area contributed by atoms with Crippen molar-refractivity contribution >= 4 is 40.9 Å². The number of allylic oxidation sites excluding steroid dienone is 1. The van der Waals surface area contributed by atoms with Gasteiger partial charge in [0.25, 0.3) is 0 Å². The lowest BCUT2D eigenvalue weighted by molar-refractivity contribution is 0.590. The monoisotopic (exact) mass is 234 g/mol. The van der Waals surface area contributed by atoms with E-state index in [2.05, 4.69) is 0 Å². The summed E-state index contributed by atoms with van der Waals surface area (Å²) in [6.07, 6.45) is 3.42. The summed E-state index contributed by atoms with van der Waals surface area (Å²) < 4.78 is 10.7. The quantitative estimate of drug-likeness (QED) is 0.498. The maximum atomic E-state index is 10.7. The van der Waals surface area contributed by atoms with E-state index in [1.54, 1.807) is 5.82 Å². The number of halogens is 3. The van der Waals surface area contributed by atoms with Gasteiger partial charge in [-0.25, -0.2) is 0 Å². The molecular formula is C6H10Cl3OP. The van der Waals surface area contributed by atoms with Crippen molar-refractivity contribution in [3.8, 4) is 0 Å². The van der Waals surface area contributed by atoms with Crippen LogP contribution in [-0.4, -0.2) is 17.9 Å². The van der Waals surface area contributed by atoms with Crippen LogP contribution in [0.4, 0.5) is 0 Å². The van der Waals surface area contributed by atoms with Gasteiger partial charge in [-0.1, -0.05) is 6.08 Å². The molecule has 1 unspecified atom stereocenters. The van der Waals surface area contributed by atoms with Crippen LogP contribution >= 0.6 is 40.9 Å². The van der Waals surface area contributed by atoms with E-state index in [1.807, 2.05) is 6.08 Å². The van der Waals surface area contributed by atoms with Crippen molar-refractivity contribution in [2.24, 2.45) is 0 Å². The molecule has 0 N–H and O–H groups in total. The van der Waals surface area contributed by atoms with E-state index in [0.29, 0.717) is 17.9 Å². The number of rotatable bonds is 1. The van der Waals surface area contributed by atoms with Crippen LogP contribution in [0.5, 0.6) is 0 Å². The summed E-state index contributed by atoms with van der Waals surface area (Å²) in [5.74, 6) is 2.73. The summed E-state index contributed by atoms with van der Waals surface area (Å²) in [7, 11) is 0. The Morgan fingerprint density at radius 3 is 2.00 bits per heavy atom. The van der Waals surface area contributed by atoms with E-state index in [9.17, 15) is 4.57 Å². The Morgan fingerprint density at radius 1 is 1.36 bits per heavy atom. The molecule has 0 radical (unpaired) electrons. The second-order valence-electron chi connectivity index (χ2n) is 1.98. The highest BCUT2D eigenvalue weighted by molar-refractivity contribution is 7.91. The molecule has 0 aromatic carbocycles. The van der Waals surface area contributed by atoms with Gasteiger partial charge in [0, 0.05) is 17.9 Å². The first-order valence-corrected chi connectivity index (χ1v) is 7.14. The largest absolute Gasteiger partial charge is 0.302 e. The van der Waals surface area contributed by atoms with E-state index in [-0.39, 0.29) is 0 Å². The summed E-state index contributed by atoms with van der Waals surface area (Å²) in [4.78, 5) is 0. The minimum Gasteiger partial charge on any atom is -0.302 e. The molecule has 0 bridgehead atoms. The highest BCUT2D eigenvalue weighted by atomic mass is 35.7. The minimum absolute atomic E-state index is 0.557. The molecule has 0 spiro atoms. The molecule has 0 saturated heterocycles. The van der Waals surface area contributed by atoms with Crippen LogP contribution < -0.4 is 0 Å². The average molecular weight is 235 g/mol. The maximum Gasteiger partial charge on any atom is 0.190 e. The van der Waals surface area contributed by atoms with Gasteiger partial charge in [-0.2, -0.15) is 0 Å². The van der Waals surface area contributed by atoms with E-state index in [4.69, 9.17) is 34.4 Å². The molecule has 0 saturated carbocycles. The maximum absolute atomic E-state index is 10.7. The zero-order chi connectivity index (χ0) is 8.74. The number of alkyl halides is 2. The van der Waals surface area contributed by atoms with Gasteiger partial charge in [-0.15, -0.1) is 23.2 Å². The second-order valence-corrected chi connectivity index (χ2v) is 6.60. The molecule has 66 valence electrons. The van der Waals surface area contributed by atoms with Crippen LogP contribution in [0.2, 0.25) is 0 Å². The van der Waals surface area contributed by atoms with Crippen molar-refractivity contribution in [1.29, 1.82) is 0 Å². The van der Waals surface area contributed by atoms with E-state index in [1.165, 1.54) is 0 Å². The summed E-state index contributed by atoms with van der Waals surface area (Å²) in [6, 6.07) is 0. The van der Waals surface area contributed by atoms with Crippen LogP contribution in [0, 0.1) is 0 Å². The Labute approximate surface area is 81.9 Å². The molecule has 1 aliphatic heterocycles. The zero-order valence-electron chi connectivity index (χ0n) is 5.97. The van der Waals surface area contributed by atoms with Crippen LogP contribution in [0.15, 0.2) is 11.9 Å². The van der Waals surface area contributed by atoms with E-state index >= 15 is 0 Å². The Balaban J connectivity index is 0.000000218. The third-order valence-corrected chi connectivity index (χ3v) is 3.94. The minimum atomic E-state index is -2.25. The van der Waals surface area contributed by atoms with Crippen molar-refractivity contribution in [2.75, 3.05) is 17.9 Å². The van der Waals surface area contributed by atoms with Crippen LogP contribution in [0.1, 0.15) is 6.42 Å². The molecule has 0 aliphatic carbocycles. The lowest BCUT2D eigenvalue weighted by atomic mass is 10.5. The van der Waals surface area contributed by atoms with Gasteiger partial charge in [0.1, 0.15) is 0 Å². The molecule has 0 aromatic rings. The van der Waals surface area contributed by atoms with Crippen LogP contribution in [0.25, 0.3) is 0 Å². The van der Waals surface area contributed by atoms with E-state index < -0.39 is 6.49 Å². The van der Waals surface area contributed by atoms with Gasteiger partial charge in [0.2, 0.25) is 0 Å². The molecule has 0 aromatic heterocycles. The zero-order valence-corrected chi connectivity index (χ0v) is 9.13. The normalized spacial score (nSPS) is 27.9. The van der Waals surface area contributed by atoms with Gasteiger partial charge in [-0.05, 0) is 23.5 Å². The molecule has 1 aliphatic rings. The SMILES string of the molecule is ClCCCl.O=P1(Cl)C=CCC1. The van der Waals surface area contributed by atoms with Crippen LogP contribution in [-0.2, 0) is 4.57 Å². The van der Waals surface area contributed by atoms with Crippen molar-refractivity contribution in [3.05, 3.63) is 11.9 Å². The smallest absolute Gasteiger partial charge is 0.190 e. The average Bonchev–Trinajstić information content (AvgIpc) is 2.35. The Morgan fingerprint density at radius 2 is 1.91 bits per heavy atom. The summed E-state index contributed by atoms with van der Waals surface area (Å²) in [5, 5.41) is 0. The van der Waals surface area contributed by atoms with Gasteiger partial charge >= 0.3 is 0 Å². The first kappa shape index (κ1) is 11.8. The molecule has 1 nitrogen and oxygen atoms in total. The lowest BCUT2D eigenvalue weighted by Crippen LogP contribution is -1.65. The fourth-order valence-electron chi connectivity index (χ4n) is 0.557. The molecule has 1 rings (SSSR count). The summed E-state index contributed by atoms with van der Waals surface area (Å²) in [5.41, 5.74) is 0. The fourth-order valence-corrected chi connectivity index (χ4v) is 2.20. The molecule has 5 heteroatoms. The Kier molecular flexibility index (Phi) is 6.85. The van der Waals surface area contributed by atoms with Crippen LogP contribution in [0.3, 0.4) is 0 Å². The Bertz CT molecular complexity index is 167. The number of hydrogen-bond acceptors (Lipinski definition) is 1. The lowest BCUT2D eigenvalue weighted by Gasteiger charge is -1.90. The van der Waals surface area contributed by atoms with Crippen molar-refractivity contribution in [1.82, 2.24) is 0 Å². The van der Waals surface area contributed by atoms with Gasteiger partial charge in [-0.3, -0.25) is 0 Å². The fraction of sp³-hybridized carbons (Fsp3) is 0.667. The molecular weight excluding hydrogens is 225 g/mol. The van der Waals surface area contributed by atoms with Gasteiger partial charge in [0.05, 0.1) is 0 Å². The molecule has 0 amide bonds. The van der Waals surface area contributed by atoms with E-state index in [0.717, 1.165) is 6.42 Å². The van der Waals surface area contributed by atoms with Gasteiger partial charge < -0.3 is 4.57 Å². The highest BCUT2D eigenvalue weighted by Gasteiger charge is 2.16. The third kappa shape index (κ3) is 7.21. The topological polar surface area (TPSA) is 17.1 Å². The summed E-state index contributed by atoms with van der Waals surface area (Å²) in [6.45, 7) is -2.25. The molecule has 1 heterocycles. The molecule has 1 atom stereocenters. The van der Waals surface area contributed by atoms with Crippen molar-refractivity contribution in [2.45, 2.75) is 6.42 Å². The number of hydrogen-bond donors (Lipinski definition) is 0. The van der Waals surface area contributed by atoms with Crippen molar-refractivity contribution in [3.63, 3.8) is 0 Å². The Hall–Kier alpha value is 0.840. The second kappa shape index (κ2) is 6.37. The molecule has 11 heavy (non-hydrogen) atoms. The first-order chi connectivity index (χ1) is 5.12. The van der Waals surface area contributed by atoms with Gasteiger partial charge in [0.15, 0.2) is 6.49 Å². The van der Waals surface area contributed by atoms with Crippen molar-refractivity contribution < 1.29 is 4.57 Å². The standard InChI is InChI=1S/C4H6ClOP.C2H4Cl2/c5-7(6)3-1-2-4-7;3-1-2-4/h1,3H,2,4H2;1-2H2. The molecule has 0 fully saturated rings.